The van der Waals surface area contributed by atoms with Crippen LogP contribution in [0.2, 0.25) is 5.15 Å². The molecule has 0 bridgehead atoms. The van der Waals surface area contributed by atoms with Gasteiger partial charge in [-0.1, -0.05) is 11.6 Å². The molecule has 1 aromatic heterocycles. The van der Waals surface area contributed by atoms with Gasteiger partial charge in [-0.05, 0) is 6.92 Å². The fourth-order valence-electron chi connectivity index (χ4n) is 1.26. The van der Waals surface area contributed by atoms with Crippen molar-refractivity contribution in [2.75, 3.05) is 6.54 Å². The van der Waals surface area contributed by atoms with Crippen LogP contribution < -0.4 is 11.1 Å². The lowest BCUT2D eigenvalue weighted by atomic mass is 10.3. The van der Waals surface area contributed by atoms with Crippen LogP contribution in [0, 0.1) is 0 Å². The summed E-state index contributed by atoms with van der Waals surface area (Å²) in [4.78, 5) is 0. The monoisotopic (exact) mass is 214 g/mol. The largest absolute Gasteiger partial charge is 0.271 e. The molecule has 1 aliphatic heterocycles. The highest BCUT2D eigenvalue weighted by Gasteiger charge is 2.21. The molecule has 0 atom stereocenters. The molecule has 0 radical (unpaired) electrons. The standard InChI is InChI=1S/C7H11ClN6/c1-3-14-7(10-11-12-14)5-4-9-13(2)6(5)8/h4,11-12H,3H2,1-2H3. The summed E-state index contributed by atoms with van der Waals surface area (Å²) in [6.07, 6.45) is 1.69. The first-order chi connectivity index (χ1) is 6.74. The lowest BCUT2D eigenvalue weighted by Gasteiger charge is -2.15. The Morgan fingerprint density at radius 1 is 1.57 bits per heavy atom. The van der Waals surface area contributed by atoms with Gasteiger partial charge in [-0.2, -0.15) is 5.10 Å². The highest BCUT2D eigenvalue weighted by atomic mass is 35.5. The fraction of sp³-hybridized carbons (Fsp3) is 0.429. The Morgan fingerprint density at radius 2 is 2.36 bits per heavy atom. The van der Waals surface area contributed by atoms with E-state index in [-0.39, 0.29) is 0 Å². The van der Waals surface area contributed by atoms with Crippen molar-refractivity contribution in [2.24, 2.45) is 12.1 Å². The number of nitrogens with zero attached hydrogens (tertiary/aromatic N) is 4. The number of rotatable bonds is 2. The molecule has 0 aliphatic carbocycles. The Bertz CT molecular complexity index is 370. The van der Waals surface area contributed by atoms with Crippen molar-refractivity contribution in [3.63, 3.8) is 0 Å². The van der Waals surface area contributed by atoms with E-state index in [2.05, 4.69) is 21.3 Å². The topological polar surface area (TPSA) is 57.5 Å². The van der Waals surface area contributed by atoms with Gasteiger partial charge < -0.3 is 0 Å². The second-order valence-electron chi connectivity index (χ2n) is 2.88. The Balaban J connectivity index is 2.35. The molecule has 0 amide bonds. The van der Waals surface area contributed by atoms with Crippen LogP contribution in [0.1, 0.15) is 12.5 Å². The van der Waals surface area contributed by atoms with Gasteiger partial charge in [0.2, 0.25) is 0 Å². The molecule has 1 aromatic rings. The smallest absolute Gasteiger partial charge is 0.177 e. The fourth-order valence-corrected chi connectivity index (χ4v) is 1.44. The minimum absolute atomic E-state index is 0.577. The van der Waals surface area contributed by atoms with E-state index in [1.165, 1.54) is 0 Å². The quantitative estimate of drug-likeness (QED) is 0.732. The van der Waals surface area contributed by atoms with Gasteiger partial charge in [-0.25, -0.2) is 5.53 Å². The first-order valence-corrected chi connectivity index (χ1v) is 4.65. The number of nitrogens with one attached hydrogen (secondary N) is 2. The van der Waals surface area contributed by atoms with E-state index in [0.717, 1.165) is 17.9 Å². The number of aromatic nitrogens is 2. The van der Waals surface area contributed by atoms with Crippen LogP contribution >= 0.6 is 11.6 Å². The molecule has 0 unspecified atom stereocenters. The first-order valence-electron chi connectivity index (χ1n) is 4.27. The van der Waals surface area contributed by atoms with E-state index < -0.39 is 0 Å². The Labute approximate surface area is 86.5 Å². The van der Waals surface area contributed by atoms with Gasteiger partial charge in [-0.3, -0.25) is 9.69 Å². The zero-order valence-electron chi connectivity index (χ0n) is 7.95. The summed E-state index contributed by atoms with van der Waals surface area (Å²) in [5.74, 6) is 0.755. The molecule has 2 rings (SSSR count). The summed E-state index contributed by atoms with van der Waals surface area (Å²) < 4.78 is 1.60. The maximum atomic E-state index is 6.05. The molecule has 76 valence electrons. The summed E-state index contributed by atoms with van der Waals surface area (Å²) in [6, 6.07) is 0. The lowest BCUT2D eigenvalue weighted by Crippen LogP contribution is -2.40. The van der Waals surface area contributed by atoms with Gasteiger partial charge in [0.15, 0.2) is 5.84 Å². The van der Waals surface area contributed by atoms with Gasteiger partial charge >= 0.3 is 0 Å². The second-order valence-corrected chi connectivity index (χ2v) is 3.23. The van der Waals surface area contributed by atoms with E-state index in [0.29, 0.717) is 5.15 Å². The summed E-state index contributed by atoms with van der Waals surface area (Å²) in [6.45, 7) is 2.80. The van der Waals surface area contributed by atoms with Crippen LogP contribution in [-0.4, -0.2) is 27.2 Å². The molecule has 2 N–H and O–H groups in total. The van der Waals surface area contributed by atoms with Crippen LogP contribution in [0.5, 0.6) is 0 Å². The number of hydrazone groups is 1. The van der Waals surface area contributed by atoms with Crippen LogP contribution in [-0.2, 0) is 7.05 Å². The van der Waals surface area contributed by atoms with Crippen molar-refractivity contribution in [1.82, 2.24) is 25.9 Å². The summed E-state index contributed by atoms with van der Waals surface area (Å²) in [5, 5.41) is 10.6. The van der Waals surface area contributed by atoms with E-state index in [4.69, 9.17) is 11.6 Å². The van der Waals surface area contributed by atoms with Crippen molar-refractivity contribution in [2.45, 2.75) is 6.92 Å². The molecule has 0 aromatic carbocycles. The van der Waals surface area contributed by atoms with Crippen LogP contribution in [0.25, 0.3) is 0 Å². The summed E-state index contributed by atoms with van der Waals surface area (Å²) >= 11 is 6.05. The number of halogens is 1. The molecule has 0 saturated carbocycles. The third-order valence-electron chi connectivity index (χ3n) is 2.03. The van der Waals surface area contributed by atoms with Gasteiger partial charge in [0.05, 0.1) is 11.8 Å². The minimum Gasteiger partial charge on any atom is -0.271 e. The van der Waals surface area contributed by atoms with E-state index >= 15 is 0 Å². The van der Waals surface area contributed by atoms with Crippen LogP contribution in [0.15, 0.2) is 11.3 Å². The molecular formula is C7H11ClN6. The van der Waals surface area contributed by atoms with Gasteiger partial charge in [-0.15, -0.1) is 10.6 Å². The molecule has 0 spiro atoms. The number of hydrogen-bond donors (Lipinski definition) is 2. The zero-order valence-corrected chi connectivity index (χ0v) is 8.71. The van der Waals surface area contributed by atoms with Crippen molar-refractivity contribution >= 4 is 17.4 Å². The number of aryl methyl sites for hydroxylation is 1. The molecule has 14 heavy (non-hydrogen) atoms. The molecule has 1 aliphatic rings. The zero-order chi connectivity index (χ0) is 10.1. The third kappa shape index (κ3) is 1.32. The molecule has 6 nitrogen and oxygen atoms in total. The highest BCUT2D eigenvalue weighted by Crippen LogP contribution is 2.17. The average molecular weight is 215 g/mol. The van der Waals surface area contributed by atoms with Gasteiger partial charge in [0, 0.05) is 13.6 Å². The highest BCUT2D eigenvalue weighted by molar-refractivity contribution is 6.33. The normalized spacial score (nSPS) is 15.6. The summed E-state index contributed by atoms with van der Waals surface area (Å²) in [7, 11) is 1.79. The summed E-state index contributed by atoms with van der Waals surface area (Å²) in [5.41, 5.74) is 6.37. The number of hydrogen-bond acceptors (Lipinski definition) is 5. The van der Waals surface area contributed by atoms with Gasteiger partial charge in [0.1, 0.15) is 5.15 Å². The Kier molecular flexibility index (Phi) is 2.30. The molecule has 0 saturated heterocycles. The van der Waals surface area contributed by atoms with E-state index in [1.54, 1.807) is 17.9 Å². The molecule has 7 heteroatoms. The van der Waals surface area contributed by atoms with Crippen molar-refractivity contribution < 1.29 is 0 Å². The van der Waals surface area contributed by atoms with E-state index in [9.17, 15) is 0 Å². The predicted octanol–water partition coefficient (Wildman–Crippen LogP) is 0.0798. The minimum atomic E-state index is 0.577. The molecule has 0 fully saturated rings. The maximum Gasteiger partial charge on any atom is 0.177 e. The Hall–Kier alpha value is -1.27. The first kappa shape index (κ1) is 9.29. The SMILES string of the molecule is CCN1NNN=C1c1cnn(C)c1Cl. The van der Waals surface area contributed by atoms with Crippen LogP contribution in [0.4, 0.5) is 0 Å². The molecule has 2 heterocycles. The number of amidine groups is 1. The molecular weight excluding hydrogens is 204 g/mol. The van der Waals surface area contributed by atoms with Gasteiger partial charge in [0.25, 0.3) is 0 Å². The third-order valence-corrected chi connectivity index (χ3v) is 2.47. The van der Waals surface area contributed by atoms with E-state index in [1.807, 2.05) is 11.9 Å². The lowest BCUT2D eigenvalue weighted by molar-refractivity contribution is 0.308. The van der Waals surface area contributed by atoms with Crippen LogP contribution in [0.3, 0.4) is 0 Å². The predicted molar refractivity (Wildman–Crippen MR) is 53.4 cm³/mol. The maximum absolute atomic E-state index is 6.05. The number of hydrazine groups is 2. The van der Waals surface area contributed by atoms with Crippen molar-refractivity contribution in [3.8, 4) is 0 Å². The average Bonchev–Trinajstić information content (AvgIpc) is 2.75. The van der Waals surface area contributed by atoms with Crippen molar-refractivity contribution in [1.29, 1.82) is 0 Å². The Morgan fingerprint density at radius 3 is 2.93 bits per heavy atom. The van der Waals surface area contributed by atoms with Crippen molar-refractivity contribution in [3.05, 3.63) is 16.9 Å². The second kappa shape index (κ2) is 3.47.